The standard InChI is InChI=1S/C31H36N8O2/c1-4-19-7-6-8-20(5-2)25(19)35-29(40)27-24-10-9-21-18-33-31(36-26(21)28(24)38(3)37-27)34-23-12-15-39(16-13-23)30(41)22-11-14-32-17-22/h6-8,11,14,17-18,23,32H,4-5,9-10,12-13,15-16H2,1-3H3,(H,35,40)(H,33,34,36). The minimum absolute atomic E-state index is 0.0578. The van der Waals surface area contributed by atoms with Crippen LogP contribution in [0.25, 0.3) is 11.4 Å². The van der Waals surface area contributed by atoms with E-state index in [1.165, 1.54) is 0 Å². The number of benzene rings is 1. The molecule has 4 heterocycles. The number of rotatable bonds is 7. The number of aromatic amines is 1. The van der Waals surface area contributed by atoms with Crippen molar-refractivity contribution in [3.05, 3.63) is 76.4 Å². The predicted octanol–water partition coefficient (Wildman–Crippen LogP) is 4.40. The molecule has 6 rings (SSSR count). The van der Waals surface area contributed by atoms with Crippen LogP contribution in [0.1, 0.15) is 69.8 Å². The summed E-state index contributed by atoms with van der Waals surface area (Å²) in [6.07, 6.45) is 10.2. The van der Waals surface area contributed by atoms with Gasteiger partial charge in [-0.2, -0.15) is 5.10 Å². The number of H-pyrrole nitrogens is 1. The van der Waals surface area contributed by atoms with Crippen molar-refractivity contribution in [1.82, 2.24) is 29.6 Å². The first-order valence-electron chi connectivity index (χ1n) is 14.5. The summed E-state index contributed by atoms with van der Waals surface area (Å²) >= 11 is 0. The average molecular weight is 553 g/mol. The molecule has 3 aromatic heterocycles. The van der Waals surface area contributed by atoms with Gasteiger partial charge in [0.1, 0.15) is 0 Å². The zero-order valence-corrected chi connectivity index (χ0v) is 23.8. The molecule has 2 amide bonds. The summed E-state index contributed by atoms with van der Waals surface area (Å²) in [4.78, 5) is 40.6. The number of amides is 2. The molecule has 10 nitrogen and oxygen atoms in total. The fourth-order valence-corrected chi connectivity index (χ4v) is 6.03. The first-order chi connectivity index (χ1) is 20.0. The van der Waals surface area contributed by atoms with Crippen molar-refractivity contribution >= 4 is 23.5 Å². The van der Waals surface area contributed by atoms with E-state index in [-0.39, 0.29) is 17.9 Å². The second-order valence-electron chi connectivity index (χ2n) is 10.8. The summed E-state index contributed by atoms with van der Waals surface area (Å²) in [5.74, 6) is 0.431. The van der Waals surface area contributed by atoms with Crippen molar-refractivity contribution in [2.45, 2.75) is 58.4 Å². The van der Waals surface area contributed by atoms with Gasteiger partial charge < -0.3 is 20.5 Å². The molecule has 1 aromatic carbocycles. The van der Waals surface area contributed by atoms with Crippen molar-refractivity contribution < 1.29 is 9.59 Å². The number of aryl methyl sites for hydroxylation is 4. The Labute approximate surface area is 239 Å². The number of hydrogen-bond acceptors (Lipinski definition) is 6. The van der Waals surface area contributed by atoms with Crippen LogP contribution in [0.4, 0.5) is 11.6 Å². The molecule has 2 aliphatic rings. The first kappa shape index (κ1) is 26.7. The number of aromatic nitrogens is 5. The minimum Gasteiger partial charge on any atom is -0.367 e. The molecule has 212 valence electrons. The molecule has 0 unspecified atom stereocenters. The van der Waals surface area contributed by atoms with Crippen molar-refractivity contribution in [2.75, 3.05) is 23.7 Å². The second-order valence-corrected chi connectivity index (χ2v) is 10.8. The Morgan fingerprint density at radius 1 is 1.07 bits per heavy atom. The van der Waals surface area contributed by atoms with Crippen LogP contribution in [0.5, 0.6) is 0 Å². The highest BCUT2D eigenvalue weighted by molar-refractivity contribution is 6.06. The molecule has 0 saturated carbocycles. The highest BCUT2D eigenvalue weighted by Crippen LogP contribution is 2.35. The van der Waals surface area contributed by atoms with Crippen LogP contribution in [-0.2, 0) is 32.7 Å². The fraction of sp³-hybridized carbons (Fsp3) is 0.387. The second kappa shape index (κ2) is 11.2. The number of hydrogen-bond donors (Lipinski definition) is 3. The van der Waals surface area contributed by atoms with Crippen molar-refractivity contribution in [3.63, 3.8) is 0 Å². The molecule has 0 bridgehead atoms. The third-order valence-corrected chi connectivity index (χ3v) is 8.29. The summed E-state index contributed by atoms with van der Waals surface area (Å²) in [5, 5.41) is 11.3. The van der Waals surface area contributed by atoms with Gasteiger partial charge in [0, 0.05) is 56.0 Å². The molecule has 10 heteroatoms. The maximum Gasteiger partial charge on any atom is 0.276 e. The first-order valence-corrected chi connectivity index (χ1v) is 14.5. The zero-order chi connectivity index (χ0) is 28.5. The molecule has 1 saturated heterocycles. The fourth-order valence-electron chi connectivity index (χ4n) is 6.03. The molecule has 41 heavy (non-hydrogen) atoms. The smallest absolute Gasteiger partial charge is 0.276 e. The third-order valence-electron chi connectivity index (χ3n) is 8.29. The molecule has 3 N–H and O–H groups in total. The van der Waals surface area contributed by atoms with Gasteiger partial charge in [-0.05, 0) is 61.3 Å². The Bertz CT molecular complexity index is 1560. The quantitative estimate of drug-likeness (QED) is 0.313. The summed E-state index contributed by atoms with van der Waals surface area (Å²) in [6, 6.07) is 8.15. The monoisotopic (exact) mass is 552 g/mol. The number of nitrogens with one attached hydrogen (secondary N) is 3. The molecule has 0 atom stereocenters. The van der Waals surface area contributed by atoms with E-state index in [9.17, 15) is 9.59 Å². The van der Waals surface area contributed by atoms with E-state index in [2.05, 4.69) is 51.7 Å². The van der Waals surface area contributed by atoms with Crippen molar-refractivity contribution in [1.29, 1.82) is 0 Å². The van der Waals surface area contributed by atoms with Gasteiger partial charge in [-0.15, -0.1) is 0 Å². The van der Waals surface area contributed by atoms with Crippen LogP contribution in [-0.4, -0.2) is 60.6 Å². The Balaban J connectivity index is 1.19. The molecule has 1 aliphatic carbocycles. The Morgan fingerprint density at radius 2 is 1.83 bits per heavy atom. The summed E-state index contributed by atoms with van der Waals surface area (Å²) in [7, 11) is 1.87. The van der Waals surface area contributed by atoms with E-state index in [1.54, 1.807) is 17.1 Å². The van der Waals surface area contributed by atoms with E-state index in [4.69, 9.17) is 4.98 Å². The highest BCUT2D eigenvalue weighted by Gasteiger charge is 2.30. The van der Waals surface area contributed by atoms with Crippen LogP contribution < -0.4 is 10.6 Å². The normalized spacial score (nSPS) is 14.9. The summed E-state index contributed by atoms with van der Waals surface area (Å²) in [6.45, 7) is 5.55. The van der Waals surface area contributed by atoms with E-state index in [0.717, 1.165) is 71.4 Å². The van der Waals surface area contributed by atoms with Crippen LogP contribution in [0, 0.1) is 0 Å². The molecule has 0 spiro atoms. The maximum absolute atomic E-state index is 13.6. The number of nitrogens with zero attached hydrogens (tertiary/aromatic N) is 5. The number of anilines is 2. The lowest BCUT2D eigenvalue weighted by Crippen LogP contribution is -2.42. The molecular formula is C31H36N8O2. The van der Waals surface area contributed by atoms with Crippen LogP contribution >= 0.6 is 0 Å². The number of para-hydroxylation sites is 1. The van der Waals surface area contributed by atoms with E-state index in [0.29, 0.717) is 36.7 Å². The Kier molecular flexibility index (Phi) is 7.30. The van der Waals surface area contributed by atoms with Crippen molar-refractivity contribution in [2.24, 2.45) is 7.05 Å². The van der Waals surface area contributed by atoms with Gasteiger partial charge in [0.05, 0.1) is 17.0 Å². The molecule has 0 radical (unpaired) electrons. The number of carbonyl (C=O) groups excluding carboxylic acids is 2. The van der Waals surface area contributed by atoms with Gasteiger partial charge in [0.15, 0.2) is 5.69 Å². The molecule has 1 fully saturated rings. The Hall–Kier alpha value is -4.47. The lowest BCUT2D eigenvalue weighted by molar-refractivity contribution is 0.0718. The predicted molar refractivity (Wildman–Crippen MR) is 158 cm³/mol. The van der Waals surface area contributed by atoms with E-state index < -0.39 is 0 Å². The van der Waals surface area contributed by atoms with Gasteiger partial charge in [0.2, 0.25) is 5.95 Å². The zero-order valence-electron chi connectivity index (χ0n) is 23.8. The highest BCUT2D eigenvalue weighted by atomic mass is 16.2. The largest absolute Gasteiger partial charge is 0.367 e. The lowest BCUT2D eigenvalue weighted by atomic mass is 9.93. The van der Waals surface area contributed by atoms with Gasteiger partial charge >= 0.3 is 0 Å². The number of fused-ring (bicyclic) bond motifs is 3. The molecule has 4 aromatic rings. The topological polar surface area (TPSA) is 121 Å². The minimum atomic E-state index is -0.186. The molecule has 1 aliphatic heterocycles. The van der Waals surface area contributed by atoms with Crippen LogP contribution in [0.2, 0.25) is 0 Å². The van der Waals surface area contributed by atoms with Gasteiger partial charge in [0.25, 0.3) is 11.8 Å². The number of carbonyl (C=O) groups is 2. The van der Waals surface area contributed by atoms with E-state index >= 15 is 0 Å². The van der Waals surface area contributed by atoms with Gasteiger partial charge in [-0.1, -0.05) is 32.0 Å². The van der Waals surface area contributed by atoms with Gasteiger partial charge in [-0.3, -0.25) is 14.3 Å². The molecular weight excluding hydrogens is 516 g/mol. The van der Waals surface area contributed by atoms with Gasteiger partial charge in [-0.25, -0.2) is 9.97 Å². The number of piperidine rings is 1. The number of likely N-dealkylation sites (tertiary alicyclic amines) is 1. The Morgan fingerprint density at radius 3 is 2.51 bits per heavy atom. The third kappa shape index (κ3) is 5.10. The van der Waals surface area contributed by atoms with Crippen LogP contribution in [0.15, 0.2) is 42.9 Å². The SMILES string of the molecule is CCc1cccc(CC)c1NC(=O)c1nn(C)c2c1CCc1cnc(NC3CCN(C(=O)c4cc[nH]c4)CC3)nc1-2. The maximum atomic E-state index is 13.6. The van der Waals surface area contributed by atoms with Crippen LogP contribution in [0.3, 0.4) is 0 Å². The summed E-state index contributed by atoms with van der Waals surface area (Å²) < 4.78 is 1.77. The average Bonchev–Trinajstić information content (AvgIpc) is 3.66. The van der Waals surface area contributed by atoms with E-state index in [1.807, 2.05) is 30.3 Å². The summed E-state index contributed by atoms with van der Waals surface area (Å²) in [5.41, 5.74) is 7.94. The lowest BCUT2D eigenvalue weighted by Gasteiger charge is -2.32. The van der Waals surface area contributed by atoms with Crippen molar-refractivity contribution in [3.8, 4) is 11.4 Å².